The Bertz CT molecular complexity index is 1270. The number of nitrogens with two attached hydrogens (primary N) is 2. The third-order valence-electron chi connectivity index (χ3n) is 7.66. The summed E-state index contributed by atoms with van der Waals surface area (Å²) in [6, 6.07) is 12.7. The summed E-state index contributed by atoms with van der Waals surface area (Å²) in [7, 11) is 1.95. The summed E-state index contributed by atoms with van der Waals surface area (Å²) < 4.78 is 0. The topological polar surface area (TPSA) is 107 Å². The lowest BCUT2D eigenvalue weighted by Crippen LogP contribution is -2.42. The number of benzene rings is 2. The number of para-hydroxylation sites is 1. The van der Waals surface area contributed by atoms with Crippen LogP contribution in [0.25, 0.3) is 0 Å². The molecule has 2 aromatic rings. The van der Waals surface area contributed by atoms with Crippen LogP contribution in [0.4, 0.5) is 5.69 Å². The van der Waals surface area contributed by atoms with Crippen molar-refractivity contribution in [1.82, 2.24) is 15.3 Å². The van der Waals surface area contributed by atoms with E-state index in [9.17, 15) is 0 Å². The summed E-state index contributed by atoms with van der Waals surface area (Å²) in [6.07, 6.45) is 5.14. The third kappa shape index (κ3) is 4.01. The highest BCUT2D eigenvalue weighted by atomic mass is 15.6. The number of aryl methyl sites for hydroxylation is 2. The number of hydrogen-bond donors (Lipinski definition) is 4. The number of nitrogens with zero attached hydrogens (tertiary/aromatic N) is 4. The van der Waals surface area contributed by atoms with E-state index in [0.717, 1.165) is 67.4 Å². The molecule has 0 spiro atoms. The van der Waals surface area contributed by atoms with Gasteiger partial charge in [-0.25, -0.2) is 9.98 Å². The van der Waals surface area contributed by atoms with Gasteiger partial charge in [-0.3, -0.25) is 21.1 Å². The summed E-state index contributed by atoms with van der Waals surface area (Å²) in [5.74, 6) is 0.465. The average Bonchev–Trinajstić information content (AvgIpc) is 3.48. The number of amidine groups is 1. The molecule has 0 amide bonds. The minimum absolute atomic E-state index is 0.0230. The number of aliphatic imine (C=N–C) groups is 2. The van der Waals surface area contributed by atoms with E-state index in [1.807, 2.05) is 18.3 Å². The van der Waals surface area contributed by atoms with Gasteiger partial charge in [-0.05, 0) is 61.4 Å². The van der Waals surface area contributed by atoms with Crippen LogP contribution in [0, 0.1) is 13.8 Å². The predicted molar refractivity (Wildman–Crippen MR) is 141 cm³/mol. The fourth-order valence-electron chi connectivity index (χ4n) is 5.30. The zero-order chi connectivity index (χ0) is 24.4. The van der Waals surface area contributed by atoms with Crippen molar-refractivity contribution in [2.75, 3.05) is 25.5 Å². The molecular weight excluding hydrogens is 436 g/mol. The Labute approximate surface area is 206 Å². The molecule has 0 bridgehead atoms. The maximum atomic E-state index is 6.81. The standard InChI is InChI=1S/C27H34N8/c1-17-5-4-6-18(2)23(17)31-24-22-14-30-27(29,32-25(22)34(3)33-24)21-8-7-19-9-12-35(15-20(19)13-21)16-26(28)10-11-26/h4-8,13-14,31,33H,9-12,15-16,28-29H2,1-3H3. The molecule has 1 fully saturated rings. The Morgan fingerprint density at radius 3 is 2.60 bits per heavy atom. The van der Waals surface area contributed by atoms with E-state index in [1.54, 1.807) is 0 Å². The van der Waals surface area contributed by atoms with Gasteiger partial charge in [0.1, 0.15) is 5.82 Å². The van der Waals surface area contributed by atoms with Gasteiger partial charge in [0.05, 0.1) is 5.57 Å². The molecule has 4 aliphatic rings. The van der Waals surface area contributed by atoms with E-state index in [2.05, 4.69) is 65.9 Å². The first-order chi connectivity index (χ1) is 16.7. The predicted octanol–water partition coefficient (Wildman–Crippen LogP) is 2.48. The minimum atomic E-state index is -1.16. The molecule has 1 saturated carbocycles. The van der Waals surface area contributed by atoms with Crippen molar-refractivity contribution in [1.29, 1.82) is 0 Å². The maximum absolute atomic E-state index is 6.81. The average molecular weight is 471 g/mol. The first kappa shape index (κ1) is 22.3. The Hall–Kier alpha value is -3.20. The molecule has 2 aromatic carbocycles. The van der Waals surface area contributed by atoms with Gasteiger partial charge in [0, 0.05) is 49.7 Å². The highest BCUT2D eigenvalue weighted by molar-refractivity contribution is 6.18. The summed E-state index contributed by atoms with van der Waals surface area (Å²) in [5.41, 5.74) is 24.5. The Kier molecular flexibility index (Phi) is 5.03. The number of nitrogens with one attached hydrogen (secondary N) is 2. The van der Waals surface area contributed by atoms with Crippen molar-refractivity contribution >= 4 is 17.7 Å². The molecule has 3 aliphatic heterocycles. The highest BCUT2D eigenvalue weighted by Gasteiger charge is 2.40. The van der Waals surface area contributed by atoms with Crippen LogP contribution in [0.1, 0.15) is 40.7 Å². The minimum Gasteiger partial charge on any atom is -0.340 e. The van der Waals surface area contributed by atoms with E-state index < -0.39 is 5.79 Å². The monoisotopic (exact) mass is 470 g/mol. The molecule has 6 N–H and O–H groups in total. The lowest BCUT2D eigenvalue weighted by Gasteiger charge is -2.32. The highest BCUT2D eigenvalue weighted by Crippen LogP contribution is 2.36. The van der Waals surface area contributed by atoms with E-state index in [-0.39, 0.29) is 5.54 Å². The summed E-state index contributed by atoms with van der Waals surface area (Å²) in [6.45, 7) is 7.12. The molecule has 35 heavy (non-hydrogen) atoms. The van der Waals surface area contributed by atoms with Crippen LogP contribution in [0.15, 0.2) is 57.8 Å². The molecule has 182 valence electrons. The maximum Gasteiger partial charge on any atom is 0.231 e. The first-order valence-electron chi connectivity index (χ1n) is 12.4. The summed E-state index contributed by atoms with van der Waals surface area (Å²) in [5, 5.41) is 5.44. The van der Waals surface area contributed by atoms with Crippen LogP contribution in [0.5, 0.6) is 0 Å². The summed E-state index contributed by atoms with van der Waals surface area (Å²) >= 11 is 0. The molecule has 0 saturated heterocycles. The quantitative estimate of drug-likeness (QED) is 0.535. The second-order valence-electron chi connectivity index (χ2n) is 10.6. The molecule has 1 aliphatic carbocycles. The Morgan fingerprint density at radius 1 is 1.09 bits per heavy atom. The van der Waals surface area contributed by atoms with Gasteiger partial charge in [0.25, 0.3) is 0 Å². The van der Waals surface area contributed by atoms with E-state index in [1.165, 1.54) is 22.3 Å². The smallest absolute Gasteiger partial charge is 0.231 e. The van der Waals surface area contributed by atoms with Gasteiger partial charge < -0.3 is 11.1 Å². The van der Waals surface area contributed by atoms with Gasteiger partial charge in [-0.1, -0.05) is 30.3 Å². The van der Waals surface area contributed by atoms with Gasteiger partial charge in [0.2, 0.25) is 5.79 Å². The second kappa shape index (κ2) is 7.91. The van der Waals surface area contributed by atoms with Crippen LogP contribution >= 0.6 is 0 Å². The van der Waals surface area contributed by atoms with Crippen LogP contribution < -0.4 is 22.2 Å². The third-order valence-corrected chi connectivity index (χ3v) is 7.66. The Morgan fingerprint density at radius 2 is 1.86 bits per heavy atom. The van der Waals surface area contributed by atoms with Gasteiger partial charge >= 0.3 is 0 Å². The SMILES string of the molecule is Cc1cccc(C)c1NC1=C2C=NC(N)(c3ccc4c(c3)CN(CC3(N)CC3)CC4)N=C2N(C)N1. The zero-order valence-corrected chi connectivity index (χ0v) is 20.7. The van der Waals surface area contributed by atoms with Crippen molar-refractivity contribution in [3.8, 4) is 0 Å². The van der Waals surface area contributed by atoms with Crippen LogP contribution in [0.3, 0.4) is 0 Å². The van der Waals surface area contributed by atoms with Crippen molar-refractivity contribution in [2.24, 2.45) is 21.5 Å². The van der Waals surface area contributed by atoms with Crippen LogP contribution in [-0.4, -0.2) is 47.6 Å². The van der Waals surface area contributed by atoms with Crippen molar-refractivity contribution in [3.05, 3.63) is 75.6 Å². The lowest BCUT2D eigenvalue weighted by atomic mass is 9.94. The normalized spacial score (nSPS) is 24.6. The Balaban J connectivity index is 1.28. The van der Waals surface area contributed by atoms with Crippen molar-refractivity contribution in [3.63, 3.8) is 0 Å². The van der Waals surface area contributed by atoms with Crippen molar-refractivity contribution < 1.29 is 0 Å². The number of likely N-dealkylation sites (N-methyl/N-ethyl adjacent to an activating group) is 1. The molecule has 1 atom stereocenters. The lowest BCUT2D eigenvalue weighted by molar-refractivity contribution is 0.232. The molecular formula is C27H34N8. The first-order valence-corrected chi connectivity index (χ1v) is 12.4. The van der Waals surface area contributed by atoms with Crippen molar-refractivity contribution in [2.45, 2.75) is 51.0 Å². The number of rotatable bonds is 5. The molecule has 1 unspecified atom stereocenters. The van der Waals surface area contributed by atoms with Gasteiger partial charge in [0.15, 0.2) is 5.84 Å². The fraction of sp³-hybridized carbons (Fsp3) is 0.407. The van der Waals surface area contributed by atoms with Gasteiger partial charge in [-0.15, -0.1) is 0 Å². The number of anilines is 1. The number of hydrogen-bond acceptors (Lipinski definition) is 8. The largest absolute Gasteiger partial charge is 0.340 e. The molecule has 0 aromatic heterocycles. The number of hydrazine groups is 1. The molecule has 8 heteroatoms. The molecule has 8 nitrogen and oxygen atoms in total. The fourth-order valence-corrected chi connectivity index (χ4v) is 5.30. The second-order valence-corrected chi connectivity index (χ2v) is 10.6. The van der Waals surface area contributed by atoms with E-state index in [4.69, 9.17) is 21.5 Å². The van der Waals surface area contributed by atoms with Gasteiger partial charge in [-0.2, -0.15) is 0 Å². The van der Waals surface area contributed by atoms with Crippen LogP contribution in [-0.2, 0) is 18.8 Å². The summed E-state index contributed by atoms with van der Waals surface area (Å²) in [4.78, 5) is 12.2. The van der Waals surface area contributed by atoms with E-state index in [0.29, 0.717) is 0 Å². The van der Waals surface area contributed by atoms with E-state index >= 15 is 0 Å². The molecule has 6 rings (SSSR count). The molecule has 3 heterocycles. The molecule has 0 radical (unpaired) electrons. The zero-order valence-electron chi connectivity index (χ0n) is 20.7. The number of fused-ring (bicyclic) bond motifs is 2. The van der Waals surface area contributed by atoms with Crippen LogP contribution in [0.2, 0.25) is 0 Å².